The van der Waals surface area contributed by atoms with Crippen molar-refractivity contribution in [3.8, 4) is 11.5 Å². The Morgan fingerprint density at radius 2 is 1.72 bits per heavy atom. The highest BCUT2D eigenvalue weighted by Gasteiger charge is 2.17. The molecule has 0 aliphatic heterocycles. The summed E-state index contributed by atoms with van der Waals surface area (Å²) >= 11 is 0. The Morgan fingerprint density at radius 1 is 0.931 bits per heavy atom. The summed E-state index contributed by atoms with van der Waals surface area (Å²) in [7, 11) is 0. The molecule has 0 fully saturated rings. The highest BCUT2D eigenvalue weighted by Crippen LogP contribution is 2.22. The van der Waals surface area contributed by atoms with E-state index in [1.54, 1.807) is 66.7 Å². The van der Waals surface area contributed by atoms with Crippen LogP contribution in [0.2, 0.25) is 0 Å². The SMILES string of the molecule is O=C(Nc1ccccc1C(=O)OCc1cc(-c2ccco2)on1)c1ccccc1. The highest BCUT2D eigenvalue weighted by molar-refractivity contribution is 6.07. The first-order chi connectivity index (χ1) is 14.2. The van der Waals surface area contributed by atoms with Gasteiger partial charge in [-0.15, -0.1) is 0 Å². The molecule has 0 bridgehead atoms. The molecule has 0 spiro atoms. The van der Waals surface area contributed by atoms with Gasteiger partial charge < -0.3 is 19.0 Å². The number of furan rings is 1. The van der Waals surface area contributed by atoms with Crippen molar-refractivity contribution in [1.29, 1.82) is 0 Å². The molecular formula is C22H16N2O5. The Kier molecular flexibility index (Phi) is 5.20. The van der Waals surface area contributed by atoms with E-state index in [2.05, 4.69) is 10.5 Å². The Hall–Kier alpha value is -4.13. The lowest BCUT2D eigenvalue weighted by Crippen LogP contribution is -2.15. The van der Waals surface area contributed by atoms with Gasteiger partial charge >= 0.3 is 5.97 Å². The van der Waals surface area contributed by atoms with E-state index in [4.69, 9.17) is 13.7 Å². The van der Waals surface area contributed by atoms with Gasteiger partial charge in [0.1, 0.15) is 12.3 Å². The Labute approximate surface area is 165 Å². The van der Waals surface area contributed by atoms with Crippen LogP contribution >= 0.6 is 0 Å². The first kappa shape index (κ1) is 18.2. The van der Waals surface area contributed by atoms with E-state index in [1.807, 2.05) is 6.07 Å². The maximum Gasteiger partial charge on any atom is 0.340 e. The van der Waals surface area contributed by atoms with Crippen molar-refractivity contribution in [3.63, 3.8) is 0 Å². The Morgan fingerprint density at radius 3 is 2.52 bits per heavy atom. The number of hydrogen-bond acceptors (Lipinski definition) is 6. The molecule has 0 radical (unpaired) electrons. The third-order valence-electron chi connectivity index (χ3n) is 4.11. The number of nitrogens with one attached hydrogen (secondary N) is 1. The van der Waals surface area contributed by atoms with Gasteiger partial charge in [-0.2, -0.15) is 0 Å². The van der Waals surface area contributed by atoms with E-state index in [1.165, 1.54) is 6.26 Å². The fraction of sp³-hybridized carbons (Fsp3) is 0.0455. The smallest absolute Gasteiger partial charge is 0.340 e. The minimum Gasteiger partial charge on any atom is -0.461 e. The molecule has 2 heterocycles. The number of anilines is 1. The summed E-state index contributed by atoms with van der Waals surface area (Å²) in [6.45, 7) is -0.0794. The van der Waals surface area contributed by atoms with Gasteiger partial charge in [-0.1, -0.05) is 35.5 Å². The molecule has 7 nitrogen and oxygen atoms in total. The van der Waals surface area contributed by atoms with Gasteiger partial charge in [-0.3, -0.25) is 4.79 Å². The van der Waals surface area contributed by atoms with E-state index in [9.17, 15) is 9.59 Å². The number of ether oxygens (including phenoxy) is 1. The van der Waals surface area contributed by atoms with Crippen LogP contribution in [0, 0.1) is 0 Å². The molecule has 0 aliphatic rings. The molecule has 2 aromatic heterocycles. The fourth-order valence-electron chi connectivity index (χ4n) is 2.69. The molecule has 0 atom stereocenters. The van der Waals surface area contributed by atoms with Crippen molar-refractivity contribution < 1.29 is 23.3 Å². The lowest BCUT2D eigenvalue weighted by molar-refractivity contribution is 0.0465. The third kappa shape index (κ3) is 4.24. The number of carbonyl (C=O) groups is 2. The van der Waals surface area contributed by atoms with E-state index in [0.717, 1.165) is 0 Å². The van der Waals surface area contributed by atoms with Gasteiger partial charge in [0.15, 0.2) is 5.76 Å². The van der Waals surface area contributed by atoms with Crippen LogP contribution in [0.25, 0.3) is 11.5 Å². The summed E-state index contributed by atoms with van der Waals surface area (Å²) in [5.41, 5.74) is 1.54. The molecule has 0 saturated heterocycles. The number of amides is 1. The van der Waals surface area contributed by atoms with Crippen molar-refractivity contribution in [1.82, 2.24) is 5.16 Å². The van der Waals surface area contributed by atoms with Gasteiger partial charge in [0.05, 0.1) is 17.5 Å². The quantitative estimate of drug-likeness (QED) is 0.487. The Balaban J connectivity index is 1.43. The third-order valence-corrected chi connectivity index (χ3v) is 4.11. The van der Waals surface area contributed by atoms with E-state index in [-0.39, 0.29) is 18.1 Å². The average molecular weight is 388 g/mol. The van der Waals surface area contributed by atoms with E-state index < -0.39 is 5.97 Å². The minimum absolute atomic E-state index is 0.0794. The number of hydrogen-bond donors (Lipinski definition) is 1. The van der Waals surface area contributed by atoms with Gasteiger partial charge in [0, 0.05) is 11.6 Å². The molecule has 1 N–H and O–H groups in total. The molecule has 7 heteroatoms. The molecular weight excluding hydrogens is 372 g/mol. The summed E-state index contributed by atoms with van der Waals surface area (Å²) in [6.07, 6.45) is 1.53. The summed E-state index contributed by atoms with van der Waals surface area (Å²) in [6, 6.07) is 20.5. The highest BCUT2D eigenvalue weighted by atomic mass is 16.5. The second-order valence-electron chi connectivity index (χ2n) is 6.10. The molecule has 2 aromatic carbocycles. The molecule has 4 rings (SSSR count). The summed E-state index contributed by atoms with van der Waals surface area (Å²) in [5, 5.41) is 6.61. The minimum atomic E-state index is -0.587. The zero-order valence-electron chi connectivity index (χ0n) is 15.2. The maximum atomic E-state index is 12.5. The zero-order valence-corrected chi connectivity index (χ0v) is 15.2. The van der Waals surface area contributed by atoms with Gasteiger partial charge in [-0.25, -0.2) is 4.79 Å². The Bertz CT molecular complexity index is 1120. The van der Waals surface area contributed by atoms with E-state index in [0.29, 0.717) is 28.5 Å². The number of esters is 1. The topological polar surface area (TPSA) is 94.6 Å². The van der Waals surface area contributed by atoms with Crippen LogP contribution in [0.4, 0.5) is 5.69 Å². The first-order valence-corrected chi connectivity index (χ1v) is 8.83. The second kappa shape index (κ2) is 8.26. The number of benzene rings is 2. The standard InChI is InChI=1S/C22H16N2O5/c25-21(15-7-2-1-3-8-15)23-18-10-5-4-9-17(18)22(26)28-14-16-13-20(29-24-16)19-11-6-12-27-19/h1-13H,14H2,(H,23,25). The molecule has 0 aliphatic carbocycles. The normalized spacial score (nSPS) is 10.5. The molecule has 4 aromatic rings. The van der Waals surface area contributed by atoms with Crippen molar-refractivity contribution >= 4 is 17.6 Å². The van der Waals surface area contributed by atoms with E-state index >= 15 is 0 Å². The monoisotopic (exact) mass is 388 g/mol. The number of carbonyl (C=O) groups excluding carboxylic acids is 2. The second-order valence-corrected chi connectivity index (χ2v) is 6.10. The van der Waals surface area contributed by atoms with Gasteiger partial charge in [0.2, 0.25) is 5.76 Å². The summed E-state index contributed by atoms with van der Waals surface area (Å²) < 4.78 is 15.7. The van der Waals surface area contributed by atoms with Gasteiger partial charge in [0.25, 0.3) is 5.91 Å². The van der Waals surface area contributed by atoms with Crippen LogP contribution in [-0.4, -0.2) is 17.0 Å². The van der Waals surface area contributed by atoms with Gasteiger partial charge in [-0.05, 0) is 36.4 Å². The number of aromatic nitrogens is 1. The predicted octanol–water partition coefficient (Wildman–Crippen LogP) is 4.54. The molecule has 1 amide bonds. The van der Waals surface area contributed by atoms with Crippen LogP contribution in [-0.2, 0) is 11.3 Å². The summed E-state index contributed by atoms with van der Waals surface area (Å²) in [4.78, 5) is 24.9. The predicted molar refractivity (Wildman–Crippen MR) is 104 cm³/mol. The van der Waals surface area contributed by atoms with Crippen LogP contribution < -0.4 is 5.32 Å². The van der Waals surface area contributed by atoms with Crippen molar-refractivity contribution in [2.24, 2.45) is 0 Å². The number of rotatable bonds is 6. The molecule has 0 saturated carbocycles. The average Bonchev–Trinajstić information content (AvgIpc) is 3.45. The summed E-state index contributed by atoms with van der Waals surface area (Å²) in [5.74, 6) is 0.0718. The largest absolute Gasteiger partial charge is 0.461 e. The lowest BCUT2D eigenvalue weighted by Gasteiger charge is -2.10. The van der Waals surface area contributed by atoms with Crippen molar-refractivity contribution in [3.05, 3.63) is 95.9 Å². The van der Waals surface area contributed by atoms with Crippen LogP contribution in [0.5, 0.6) is 0 Å². The molecule has 0 unspecified atom stereocenters. The number of para-hydroxylation sites is 1. The van der Waals surface area contributed by atoms with Crippen LogP contribution in [0.3, 0.4) is 0 Å². The van der Waals surface area contributed by atoms with Crippen LogP contribution in [0.15, 0.2) is 88.0 Å². The van der Waals surface area contributed by atoms with Crippen molar-refractivity contribution in [2.75, 3.05) is 5.32 Å². The maximum absolute atomic E-state index is 12.5. The molecule has 144 valence electrons. The molecule has 29 heavy (non-hydrogen) atoms. The van der Waals surface area contributed by atoms with Crippen LogP contribution in [0.1, 0.15) is 26.4 Å². The zero-order chi connectivity index (χ0) is 20.1. The fourth-order valence-corrected chi connectivity index (χ4v) is 2.69. The lowest BCUT2D eigenvalue weighted by atomic mass is 10.1. The first-order valence-electron chi connectivity index (χ1n) is 8.83. The van der Waals surface area contributed by atoms with Crippen molar-refractivity contribution in [2.45, 2.75) is 6.61 Å². The number of nitrogens with zero attached hydrogens (tertiary/aromatic N) is 1.